The molecular weight excluding hydrogens is 360 g/mol. The summed E-state index contributed by atoms with van der Waals surface area (Å²) in [7, 11) is 0. The first-order valence-corrected chi connectivity index (χ1v) is 9.51. The molecule has 0 aliphatic rings. The number of benzene rings is 2. The lowest BCUT2D eigenvalue weighted by atomic mass is 10.1. The molecule has 0 amide bonds. The maximum Gasteiger partial charge on any atom is 0.208 e. The molecule has 2 aromatic carbocycles. The fourth-order valence-electron chi connectivity index (χ4n) is 2.78. The van der Waals surface area contributed by atoms with Gasteiger partial charge in [0.15, 0.2) is 11.6 Å². The molecule has 0 bridgehead atoms. The molecule has 0 unspecified atom stereocenters. The van der Waals surface area contributed by atoms with Crippen molar-refractivity contribution in [2.45, 2.75) is 18.7 Å². The van der Waals surface area contributed by atoms with Gasteiger partial charge in [0.2, 0.25) is 5.16 Å². The molecule has 6 nitrogen and oxygen atoms in total. The zero-order chi connectivity index (χ0) is 18.6. The van der Waals surface area contributed by atoms with Crippen molar-refractivity contribution in [1.82, 2.24) is 20.2 Å². The highest BCUT2D eigenvalue weighted by Crippen LogP contribution is 2.22. The first-order valence-electron chi connectivity index (χ1n) is 8.52. The van der Waals surface area contributed by atoms with Crippen LogP contribution < -0.4 is 4.74 Å². The summed E-state index contributed by atoms with van der Waals surface area (Å²) in [5, 5.41) is 8.48. The molecule has 2 aromatic heterocycles. The second-order valence-corrected chi connectivity index (χ2v) is 7.02. The normalized spacial score (nSPS) is 11.0. The monoisotopic (exact) mass is 378 g/mol. The number of para-hydroxylation sites is 2. The Labute approximate surface area is 160 Å². The molecule has 2 heterocycles. The standard InChI is InChI=1S/C20H18N4O2S/c1-13-6-2-5-9-18(13)26-11-19-22-20(24-23-19)27-12-17(25)15-10-21-16-8-4-3-7-14(15)16/h2-10,21H,11-12H2,1H3,(H,22,23,24). The lowest BCUT2D eigenvalue weighted by Gasteiger charge is -2.06. The zero-order valence-electron chi connectivity index (χ0n) is 14.7. The molecule has 27 heavy (non-hydrogen) atoms. The molecule has 136 valence electrons. The minimum Gasteiger partial charge on any atom is -0.485 e. The maximum atomic E-state index is 12.5. The van der Waals surface area contributed by atoms with E-state index < -0.39 is 0 Å². The van der Waals surface area contributed by atoms with Crippen molar-refractivity contribution in [2.75, 3.05) is 5.75 Å². The Bertz CT molecular complexity index is 1090. The summed E-state index contributed by atoms with van der Waals surface area (Å²) >= 11 is 1.31. The average molecular weight is 378 g/mol. The van der Waals surface area contributed by atoms with Gasteiger partial charge in [-0.3, -0.25) is 9.89 Å². The molecule has 0 saturated heterocycles. The average Bonchev–Trinajstić information content (AvgIpc) is 3.32. The van der Waals surface area contributed by atoms with Crippen LogP contribution in [0.2, 0.25) is 0 Å². The number of ether oxygens (including phenoxy) is 1. The largest absolute Gasteiger partial charge is 0.485 e. The van der Waals surface area contributed by atoms with E-state index in [1.807, 2.05) is 55.5 Å². The number of aromatic nitrogens is 4. The van der Waals surface area contributed by atoms with Crippen molar-refractivity contribution < 1.29 is 9.53 Å². The highest BCUT2D eigenvalue weighted by atomic mass is 32.2. The minimum atomic E-state index is 0.0416. The summed E-state index contributed by atoms with van der Waals surface area (Å²) in [5.74, 6) is 1.76. The van der Waals surface area contributed by atoms with Gasteiger partial charge >= 0.3 is 0 Å². The van der Waals surface area contributed by atoms with Gasteiger partial charge in [-0.2, -0.15) is 0 Å². The zero-order valence-corrected chi connectivity index (χ0v) is 15.5. The van der Waals surface area contributed by atoms with E-state index in [4.69, 9.17) is 4.74 Å². The van der Waals surface area contributed by atoms with E-state index in [-0.39, 0.29) is 11.5 Å². The quantitative estimate of drug-likeness (QED) is 0.373. The number of nitrogens with zero attached hydrogens (tertiary/aromatic N) is 2. The van der Waals surface area contributed by atoms with Crippen LogP contribution in [0.25, 0.3) is 10.9 Å². The number of hydrogen-bond acceptors (Lipinski definition) is 5. The van der Waals surface area contributed by atoms with Crippen LogP contribution in [0.4, 0.5) is 0 Å². The van der Waals surface area contributed by atoms with Gasteiger partial charge in [-0.05, 0) is 24.6 Å². The summed E-state index contributed by atoms with van der Waals surface area (Å²) in [6.07, 6.45) is 1.76. The van der Waals surface area contributed by atoms with Crippen LogP contribution in [0.5, 0.6) is 5.75 Å². The first kappa shape index (κ1) is 17.4. The lowest BCUT2D eigenvalue weighted by Crippen LogP contribution is -2.01. The molecule has 7 heteroatoms. The molecular formula is C20H18N4O2S. The van der Waals surface area contributed by atoms with Crippen molar-refractivity contribution in [3.63, 3.8) is 0 Å². The van der Waals surface area contributed by atoms with Crippen molar-refractivity contribution >= 4 is 28.4 Å². The number of thioether (sulfide) groups is 1. The Kier molecular flexibility index (Phi) is 4.93. The van der Waals surface area contributed by atoms with Gasteiger partial charge in [-0.25, -0.2) is 4.98 Å². The fraction of sp³-hybridized carbons (Fsp3) is 0.150. The van der Waals surface area contributed by atoms with Crippen molar-refractivity contribution in [2.24, 2.45) is 0 Å². The summed E-state index contributed by atoms with van der Waals surface area (Å²) in [5.41, 5.74) is 2.71. The molecule has 0 aliphatic carbocycles. The predicted octanol–water partition coefficient (Wildman–Crippen LogP) is 4.15. The molecule has 0 aliphatic heterocycles. The third kappa shape index (κ3) is 3.88. The summed E-state index contributed by atoms with van der Waals surface area (Å²) in [6.45, 7) is 2.29. The van der Waals surface area contributed by atoms with E-state index in [0.717, 1.165) is 22.2 Å². The van der Waals surface area contributed by atoms with E-state index in [2.05, 4.69) is 20.2 Å². The Morgan fingerprint density at radius 1 is 1.15 bits per heavy atom. The topological polar surface area (TPSA) is 83.7 Å². The molecule has 0 saturated carbocycles. The third-order valence-electron chi connectivity index (χ3n) is 4.19. The summed E-state index contributed by atoms with van der Waals surface area (Å²) < 4.78 is 5.75. The molecule has 0 spiro atoms. The van der Waals surface area contributed by atoms with E-state index in [1.165, 1.54) is 11.8 Å². The van der Waals surface area contributed by atoms with Crippen LogP contribution in [0, 0.1) is 6.92 Å². The SMILES string of the molecule is Cc1ccccc1OCc1nc(SCC(=O)c2c[nH]c3ccccc23)n[nH]1. The van der Waals surface area contributed by atoms with Crippen molar-refractivity contribution in [3.8, 4) is 5.75 Å². The smallest absolute Gasteiger partial charge is 0.208 e. The van der Waals surface area contributed by atoms with E-state index in [0.29, 0.717) is 23.2 Å². The molecule has 0 fully saturated rings. The second-order valence-electron chi connectivity index (χ2n) is 6.08. The van der Waals surface area contributed by atoms with E-state index in [1.54, 1.807) is 6.20 Å². The summed E-state index contributed by atoms with van der Waals surface area (Å²) in [4.78, 5) is 20.0. The Morgan fingerprint density at radius 2 is 1.96 bits per heavy atom. The number of nitrogens with one attached hydrogen (secondary N) is 2. The van der Waals surface area contributed by atoms with Gasteiger partial charge in [0, 0.05) is 22.7 Å². The van der Waals surface area contributed by atoms with E-state index in [9.17, 15) is 4.79 Å². The maximum absolute atomic E-state index is 12.5. The van der Waals surface area contributed by atoms with Gasteiger partial charge in [0.25, 0.3) is 0 Å². The molecule has 4 aromatic rings. The highest BCUT2D eigenvalue weighted by molar-refractivity contribution is 7.99. The number of ketones is 1. The molecule has 2 N–H and O–H groups in total. The number of rotatable bonds is 7. The van der Waals surface area contributed by atoms with Crippen LogP contribution in [-0.2, 0) is 6.61 Å². The lowest BCUT2D eigenvalue weighted by molar-refractivity contribution is 0.102. The molecule has 4 rings (SSSR count). The first-order chi connectivity index (χ1) is 13.2. The van der Waals surface area contributed by atoms with Crippen molar-refractivity contribution in [3.05, 3.63) is 71.7 Å². The van der Waals surface area contributed by atoms with Gasteiger partial charge in [-0.15, -0.1) is 5.10 Å². The second kappa shape index (κ2) is 7.67. The van der Waals surface area contributed by atoms with Crippen LogP contribution in [0.3, 0.4) is 0 Å². The van der Waals surface area contributed by atoms with Crippen LogP contribution in [0.1, 0.15) is 21.7 Å². The van der Waals surface area contributed by atoms with Crippen LogP contribution in [0.15, 0.2) is 59.9 Å². The Morgan fingerprint density at radius 3 is 2.85 bits per heavy atom. The van der Waals surface area contributed by atoms with Gasteiger partial charge in [0.1, 0.15) is 12.4 Å². The number of H-pyrrole nitrogens is 2. The van der Waals surface area contributed by atoms with Crippen LogP contribution >= 0.6 is 11.8 Å². The number of aromatic amines is 2. The molecule has 0 radical (unpaired) electrons. The number of aryl methyl sites for hydroxylation is 1. The predicted molar refractivity (Wildman–Crippen MR) is 105 cm³/mol. The highest BCUT2D eigenvalue weighted by Gasteiger charge is 2.14. The van der Waals surface area contributed by atoms with Gasteiger partial charge in [-0.1, -0.05) is 48.2 Å². The Hall–Kier alpha value is -3.06. The number of carbonyl (C=O) groups excluding carboxylic acids is 1. The number of carbonyl (C=O) groups is 1. The van der Waals surface area contributed by atoms with Gasteiger partial charge < -0.3 is 9.72 Å². The number of hydrogen-bond donors (Lipinski definition) is 2. The number of Topliss-reactive ketones (excluding diaryl/α,β-unsaturated/α-hetero) is 1. The van der Waals surface area contributed by atoms with Crippen molar-refractivity contribution in [1.29, 1.82) is 0 Å². The summed E-state index contributed by atoms with van der Waals surface area (Å²) in [6, 6.07) is 15.6. The van der Waals surface area contributed by atoms with Gasteiger partial charge in [0.05, 0.1) is 5.75 Å². The Balaban J connectivity index is 1.35. The number of fused-ring (bicyclic) bond motifs is 1. The third-order valence-corrected chi connectivity index (χ3v) is 5.04. The fourth-order valence-corrected chi connectivity index (χ4v) is 3.48. The van der Waals surface area contributed by atoms with Crippen LogP contribution in [-0.4, -0.2) is 31.7 Å². The molecule has 0 atom stereocenters. The minimum absolute atomic E-state index is 0.0416. The van der Waals surface area contributed by atoms with E-state index >= 15 is 0 Å².